The van der Waals surface area contributed by atoms with Crippen LogP contribution in [0.4, 0.5) is 0 Å². The van der Waals surface area contributed by atoms with Gasteiger partial charge in [0.15, 0.2) is 0 Å². The molecule has 1 amide bonds. The molecular weight excluding hydrogens is 294 g/mol. The van der Waals surface area contributed by atoms with E-state index in [4.69, 9.17) is 0 Å². The third-order valence-corrected chi connectivity index (χ3v) is 4.06. The number of aliphatic hydroxyl groups excluding tert-OH is 1. The van der Waals surface area contributed by atoms with Gasteiger partial charge in [0.2, 0.25) is 0 Å². The normalized spacial score (nSPS) is 24.1. The van der Waals surface area contributed by atoms with E-state index in [-0.39, 0.29) is 24.5 Å². The van der Waals surface area contributed by atoms with Crippen LogP contribution in [-0.4, -0.2) is 35.1 Å². The second-order valence-corrected chi connectivity index (χ2v) is 5.86. The number of carbonyl (C=O) groups excluding carboxylic acids is 1. The van der Waals surface area contributed by atoms with E-state index in [9.17, 15) is 9.90 Å². The molecule has 1 N–H and O–H groups in total. The number of halogens is 1. The number of benzene rings is 1. The second kappa shape index (κ2) is 5.85. The first-order valence-corrected chi connectivity index (χ1v) is 7.08. The molecule has 0 radical (unpaired) electrons. The van der Waals surface area contributed by atoms with Crippen molar-refractivity contribution in [1.29, 1.82) is 0 Å². The molecule has 0 saturated carbocycles. The predicted molar refractivity (Wildman–Crippen MR) is 74.5 cm³/mol. The van der Waals surface area contributed by atoms with Crippen molar-refractivity contribution in [2.24, 2.45) is 5.92 Å². The molecule has 2 unspecified atom stereocenters. The Labute approximate surface area is 116 Å². The molecule has 2 rings (SSSR count). The first-order chi connectivity index (χ1) is 8.61. The van der Waals surface area contributed by atoms with Crippen LogP contribution in [0.1, 0.15) is 30.1 Å². The Morgan fingerprint density at radius 1 is 1.50 bits per heavy atom. The van der Waals surface area contributed by atoms with E-state index in [0.29, 0.717) is 12.1 Å². The van der Waals surface area contributed by atoms with E-state index in [1.54, 1.807) is 0 Å². The first-order valence-electron chi connectivity index (χ1n) is 6.29. The number of hydrogen-bond acceptors (Lipinski definition) is 2. The van der Waals surface area contributed by atoms with E-state index in [1.807, 2.05) is 29.2 Å². The number of rotatable bonds is 2. The average Bonchev–Trinajstić information content (AvgIpc) is 2.38. The van der Waals surface area contributed by atoms with Gasteiger partial charge in [0.05, 0.1) is 0 Å². The Bertz CT molecular complexity index is 436. The van der Waals surface area contributed by atoms with Crippen LogP contribution in [0.5, 0.6) is 0 Å². The van der Waals surface area contributed by atoms with E-state index in [0.717, 1.165) is 17.3 Å². The minimum Gasteiger partial charge on any atom is -0.396 e. The zero-order chi connectivity index (χ0) is 13.1. The van der Waals surface area contributed by atoms with Crippen molar-refractivity contribution in [1.82, 2.24) is 4.90 Å². The third-order valence-electron chi connectivity index (χ3n) is 3.57. The summed E-state index contributed by atoms with van der Waals surface area (Å²) < 4.78 is 0.914. The first kappa shape index (κ1) is 13.6. The number of nitrogens with zero attached hydrogens (tertiary/aromatic N) is 1. The quantitative estimate of drug-likeness (QED) is 0.912. The van der Waals surface area contributed by atoms with Crippen LogP contribution >= 0.6 is 15.9 Å². The minimum absolute atomic E-state index is 0.0574. The highest BCUT2D eigenvalue weighted by Crippen LogP contribution is 2.24. The van der Waals surface area contributed by atoms with Crippen molar-refractivity contribution in [3.8, 4) is 0 Å². The molecule has 0 aromatic heterocycles. The number of amides is 1. The van der Waals surface area contributed by atoms with Gasteiger partial charge in [-0.05, 0) is 43.9 Å². The Hall–Kier alpha value is -0.870. The molecule has 18 heavy (non-hydrogen) atoms. The van der Waals surface area contributed by atoms with Gasteiger partial charge in [-0.15, -0.1) is 0 Å². The summed E-state index contributed by atoms with van der Waals surface area (Å²) in [7, 11) is 0. The van der Waals surface area contributed by atoms with Crippen LogP contribution in [-0.2, 0) is 0 Å². The van der Waals surface area contributed by atoms with Gasteiger partial charge in [-0.1, -0.05) is 22.0 Å². The fourth-order valence-corrected chi connectivity index (χ4v) is 2.80. The molecule has 0 spiro atoms. The molecule has 1 aliphatic rings. The summed E-state index contributed by atoms with van der Waals surface area (Å²) in [6.07, 6.45) is 1.96. The summed E-state index contributed by atoms with van der Waals surface area (Å²) in [6, 6.07) is 7.71. The highest BCUT2D eigenvalue weighted by molar-refractivity contribution is 9.10. The van der Waals surface area contributed by atoms with Gasteiger partial charge in [-0.25, -0.2) is 0 Å². The maximum Gasteiger partial charge on any atom is 0.254 e. The molecule has 1 aliphatic heterocycles. The summed E-state index contributed by atoms with van der Waals surface area (Å²) in [5.41, 5.74) is 0.704. The topological polar surface area (TPSA) is 40.5 Å². The predicted octanol–water partition coefficient (Wildman–Crippen LogP) is 2.68. The zero-order valence-corrected chi connectivity index (χ0v) is 12.1. The lowest BCUT2D eigenvalue weighted by Gasteiger charge is -2.37. The van der Waals surface area contributed by atoms with Crippen LogP contribution in [0.15, 0.2) is 28.7 Å². The van der Waals surface area contributed by atoms with Crippen molar-refractivity contribution in [2.75, 3.05) is 13.2 Å². The molecule has 1 heterocycles. The van der Waals surface area contributed by atoms with E-state index >= 15 is 0 Å². The van der Waals surface area contributed by atoms with Gasteiger partial charge in [0, 0.05) is 29.2 Å². The van der Waals surface area contributed by atoms with Crippen LogP contribution in [0.25, 0.3) is 0 Å². The summed E-state index contributed by atoms with van der Waals surface area (Å²) in [6.45, 7) is 2.89. The third kappa shape index (κ3) is 2.93. The molecular formula is C14H18BrNO2. The number of likely N-dealkylation sites (tertiary alicyclic amines) is 1. The van der Waals surface area contributed by atoms with Crippen LogP contribution < -0.4 is 0 Å². The number of carbonyl (C=O) groups is 1. The molecule has 0 bridgehead atoms. The Morgan fingerprint density at radius 2 is 2.28 bits per heavy atom. The fraction of sp³-hybridized carbons (Fsp3) is 0.500. The molecule has 1 saturated heterocycles. The molecule has 1 aromatic rings. The molecule has 1 aromatic carbocycles. The second-order valence-electron chi connectivity index (χ2n) is 4.94. The molecule has 2 atom stereocenters. The van der Waals surface area contributed by atoms with Gasteiger partial charge < -0.3 is 10.0 Å². The van der Waals surface area contributed by atoms with Gasteiger partial charge in [-0.2, -0.15) is 0 Å². The molecule has 4 heteroatoms. The van der Waals surface area contributed by atoms with Crippen LogP contribution in [0, 0.1) is 5.92 Å². The van der Waals surface area contributed by atoms with E-state index in [2.05, 4.69) is 22.9 Å². The minimum atomic E-state index is 0.0574. The van der Waals surface area contributed by atoms with Gasteiger partial charge >= 0.3 is 0 Å². The highest BCUT2D eigenvalue weighted by Gasteiger charge is 2.29. The lowest BCUT2D eigenvalue weighted by molar-refractivity contribution is 0.0489. The Morgan fingerprint density at radius 3 is 2.94 bits per heavy atom. The summed E-state index contributed by atoms with van der Waals surface area (Å²) in [5.74, 6) is 0.277. The smallest absolute Gasteiger partial charge is 0.254 e. The Kier molecular flexibility index (Phi) is 4.40. The highest BCUT2D eigenvalue weighted by atomic mass is 79.9. The SMILES string of the molecule is CC1CCC(CO)CN1C(=O)c1cccc(Br)c1. The summed E-state index contributed by atoms with van der Waals surface area (Å²) in [4.78, 5) is 14.3. The van der Waals surface area contributed by atoms with Crippen molar-refractivity contribution < 1.29 is 9.90 Å². The maximum atomic E-state index is 12.4. The van der Waals surface area contributed by atoms with Crippen LogP contribution in [0.2, 0.25) is 0 Å². The summed E-state index contributed by atoms with van der Waals surface area (Å²) in [5, 5.41) is 9.25. The van der Waals surface area contributed by atoms with Crippen molar-refractivity contribution in [2.45, 2.75) is 25.8 Å². The lowest BCUT2D eigenvalue weighted by atomic mass is 9.93. The largest absolute Gasteiger partial charge is 0.396 e. The summed E-state index contributed by atoms with van der Waals surface area (Å²) >= 11 is 3.38. The Balaban J connectivity index is 2.16. The van der Waals surface area contributed by atoms with Crippen molar-refractivity contribution >= 4 is 21.8 Å². The molecule has 3 nitrogen and oxygen atoms in total. The average molecular weight is 312 g/mol. The lowest BCUT2D eigenvalue weighted by Crippen LogP contribution is -2.46. The van der Waals surface area contributed by atoms with Crippen molar-refractivity contribution in [3.05, 3.63) is 34.3 Å². The zero-order valence-electron chi connectivity index (χ0n) is 10.5. The van der Waals surface area contributed by atoms with Gasteiger partial charge in [-0.3, -0.25) is 4.79 Å². The fourth-order valence-electron chi connectivity index (χ4n) is 2.40. The van der Waals surface area contributed by atoms with Crippen molar-refractivity contribution in [3.63, 3.8) is 0 Å². The maximum absolute atomic E-state index is 12.4. The van der Waals surface area contributed by atoms with E-state index in [1.165, 1.54) is 0 Å². The van der Waals surface area contributed by atoms with Gasteiger partial charge in [0.1, 0.15) is 0 Å². The van der Waals surface area contributed by atoms with E-state index < -0.39 is 0 Å². The van der Waals surface area contributed by atoms with Crippen LogP contribution in [0.3, 0.4) is 0 Å². The molecule has 0 aliphatic carbocycles. The molecule has 98 valence electrons. The number of hydrogen-bond donors (Lipinski definition) is 1. The number of aliphatic hydroxyl groups is 1. The standard InChI is InChI=1S/C14H18BrNO2/c1-10-5-6-11(9-17)8-16(10)14(18)12-3-2-4-13(15)7-12/h2-4,7,10-11,17H,5-6,8-9H2,1H3. The molecule has 1 fully saturated rings. The number of piperidine rings is 1. The monoisotopic (exact) mass is 311 g/mol. The van der Waals surface area contributed by atoms with Gasteiger partial charge in [0.25, 0.3) is 5.91 Å².